The number of rotatable bonds is 9. The van der Waals surface area contributed by atoms with E-state index in [1.165, 1.54) is 31.3 Å². The molecule has 0 spiro atoms. The van der Waals surface area contributed by atoms with E-state index < -0.39 is 10.8 Å². The standard InChI is InChI=1S/C19H27NO2S/c21-19(20-15-14-17-9-3-1-4-10-17)13-7-8-16-23(22)18-11-5-2-6-12-18/h2,5-6,9,11-12H,1,3-4,7-8,10,13-16H2,(H,20,21). The second-order valence-corrected chi connectivity index (χ2v) is 7.60. The van der Waals surface area contributed by atoms with Crippen LogP contribution in [0.4, 0.5) is 0 Å². The van der Waals surface area contributed by atoms with Gasteiger partial charge in [-0.2, -0.15) is 0 Å². The fraction of sp³-hybridized carbons (Fsp3) is 0.526. The van der Waals surface area contributed by atoms with E-state index in [9.17, 15) is 9.00 Å². The van der Waals surface area contributed by atoms with Crippen molar-refractivity contribution in [3.63, 3.8) is 0 Å². The van der Waals surface area contributed by atoms with E-state index >= 15 is 0 Å². The summed E-state index contributed by atoms with van der Waals surface area (Å²) in [7, 11) is -0.946. The Morgan fingerprint density at radius 1 is 1.13 bits per heavy atom. The summed E-state index contributed by atoms with van der Waals surface area (Å²) >= 11 is 0. The monoisotopic (exact) mass is 333 g/mol. The van der Waals surface area contributed by atoms with Gasteiger partial charge >= 0.3 is 0 Å². The zero-order valence-electron chi connectivity index (χ0n) is 13.8. The van der Waals surface area contributed by atoms with E-state index in [0.717, 1.165) is 30.7 Å². The summed E-state index contributed by atoms with van der Waals surface area (Å²) in [5.41, 5.74) is 1.50. The van der Waals surface area contributed by atoms with Gasteiger partial charge in [0.05, 0.1) is 10.8 Å². The highest BCUT2D eigenvalue weighted by atomic mass is 32.2. The number of unbranched alkanes of at least 4 members (excludes halogenated alkanes) is 1. The van der Waals surface area contributed by atoms with Crippen molar-refractivity contribution in [3.05, 3.63) is 42.0 Å². The Hall–Kier alpha value is -1.42. The molecule has 0 bridgehead atoms. The molecule has 0 fully saturated rings. The minimum Gasteiger partial charge on any atom is -0.356 e. The van der Waals surface area contributed by atoms with Crippen molar-refractivity contribution < 1.29 is 9.00 Å². The maximum Gasteiger partial charge on any atom is 0.220 e. The van der Waals surface area contributed by atoms with Crippen LogP contribution >= 0.6 is 0 Å². The average molecular weight is 333 g/mol. The van der Waals surface area contributed by atoms with Crippen molar-refractivity contribution >= 4 is 16.7 Å². The Morgan fingerprint density at radius 3 is 2.70 bits per heavy atom. The number of hydrogen-bond donors (Lipinski definition) is 1. The van der Waals surface area contributed by atoms with E-state index in [1.54, 1.807) is 0 Å². The molecule has 4 heteroatoms. The normalized spacial score (nSPS) is 15.7. The Balaban J connectivity index is 1.53. The van der Waals surface area contributed by atoms with Crippen LogP contribution in [0.3, 0.4) is 0 Å². The quantitative estimate of drug-likeness (QED) is 0.549. The third kappa shape index (κ3) is 7.12. The smallest absolute Gasteiger partial charge is 0.220 e. The Labute approximate surface area is 142 Å². The van der Waals surface area contributed by atoms with Crippen LogP contribution in [0.2, 0.25) is 0 Å². The molecule has 3 nitrogen and oxygen atoms in total. The van der Waals surface area contributed by atoms with Gasteiger partial charge in [0.25, 0.3) is 0 Å². The van der Waals surface area contributed by atoms with E-state index in [0.29, 0.717) is 12.2 Å². The van der Waals surface area contributed by atoms with E-state index in [2.05, 4.69) is 11.4 Å². The fourth-order valence-electron chi connectivity index (χ4n) is 2.79. The predicted molar refractivity (Wildman–Crippen MR) is 95.7 cm³/mol. The highest BCUT2D eigenvalue weighted by molar-refractivity contribution is 7.85. The second-order valence-electron chi connectivity index (χ2n) is 6.03. The SMILES string of the molecule is O=C(CCCCS(=O)c1ccccc1)NCCC1=CCCCC1. The number of amides is 1. The van der Waals surface area contributed by atoms with Crippen LogP contribution in [-0.4, -0.2) is 22.4 Å². The second kappa shape index (κ2) is 10.4. The lowest BCUT2D eigenvalue weighted by atomic mass is 9.97. The minimum absolute atomic E-state index is 0.118. The van der Waals surface area contributed by atoms with Crippen LogP contribution in [0, 0.1) is 0 Å². The van der Waals surface area contributed by atoms with Gasteiger partial charge in [0.1, 0.15) is 0 Å². The van der Waals surface area contributed by atoms with Crippen molar-refractivity contribution in [1.82, 2.24) is 5.32 Å². The number of carbonyl (C=O) groups is 1. The molecule has 1 aromatic rings. The first-order valence-electron chi connectivity index (χ1n) is 8.64. The van der Waals surface area contributed by atoms with Crippen molar-refractivity contribution in [2.75, 3.05) is 12.3 Å². The molecule has 1 amide bonds. The average Bonchev–Trinajstić information content (AvgIpc) is 2.60. The summed E-state index contributed by atoms with van der Waals surface area (Å²) in [6.07, 6.45) is 10.5. The molecular weight excluding hydrogens is 306 g/mol. The summed E-state index contributed by atoms with van der Waals surface area (Å²) in [4.78, 5) is 12.7. The van der Waals surface area contributed by atoms with Crippen LogP contribution < -0.4 is 5.32 Å². The fourth-order valence-corrected chi connectivity index (χ4v) is 3.95. The largest absolute Gasteiger partial charge is 0.356 e. The van der Waals surface area contributed by atoms with Crippen molar-refractivity contribution in [1.29, 1.82) is 0 Å². The zero-order valence-corrected chi connectivity index (χ0v) is 14.6. The van der Waals surface area contributed by atoms with Gasteiger partial charge in [-0.3, -0.25) is 9.00 Å². The van der Waals surface area contributed by atoms with Gasteiger partial charge in [0, 0.05) is 23.6 Å². The van der Waals surface area contributed by atoms with Gasteiger partial charge in [-0.1, -0.05) is 29.8 Å². The van der Waals surface area contributed by atoms with Gasteiger partial charge in [0.15, 0.2) is 0 Å². The lowest BCUT2D eigenvalue weighted by molar-refractivity contribution is -0.121. The van der Waals surface area contributed by atoms with Gasteiger partial charge in [-0.05, 0) is 57.1 Å². The van der Waals surface area contributed by atoms with Crippen LogP contribution in [0.25, 0.3) is 0 Å². The van der Waals surface area contributed by atoms with Gasteiger partial charge in [-0.15, -0.1) is 0 Å². The minimum atomic E-state index is -0.946. The van der Waals surface area contributed by atoms with Gasteiger partial charge in [0.2, 0.25) is 5.91 Å². The number of nitrogens with one attached hydrogen (secondary N) is 1. The zero-order chi connectivity index (χ0) is 16.3. The lowest BCUT2D eigenvalue weighted by Crippen LogP contribution is -2.24. The first-order valence-corrected chi connectivity index (χ1v) is 9.95. The molecule has 1 unspecified atom stereocenters. The molecule has 1 atom stereocenters. The molecule has 0 saturated heterocycles. The van der Waals surface area contributed by atoms with E-state index in [-0.39, 0.29) is 5.91 Å². The molecule has 0 saturated carbocycles. The molecule has 1 N–H and O–H groups in total. The van der Waals surface area contributed by atoms with Crippen LogP contribution in [-0.2, 0) is 15.6 Å². The summed E-state index contributed by atoms with van der Waals surface area (Å²) < 4.78 is 12.0. The summed E-state index contributed by atoms with van der Waals surface area (Å²) in [6, 6.07) is 9.52. The maximum absolute atomic E-state index is 12.0. The van der Waals surface area contributed by atoms with Gasteiger partial charge in [-0.25, -0.2) is 0 Å². The Morgan fingerprint density at radius 2 is 1.96 bits per heavy atom. The number of carbonyl (C=O) groups excluding carboxylic acids is 1. The molecule has 0 radical (unpaired) electrons. The highest BCUT2D eigenvalue weighted by Crippen LogP contribution is 2.19. The molecule has 0 heterocycles. The number of hydrogen-bond acceptors (Lipinski definition) is 2. The van der Waals surface area contributed by atoms with Crippen LogP contribution in [0.1, 0.15) is 51.4 Å². The van der Waals surface area contributed by atoms with Crippen molar-refractivity contribution in [2.24, 2.45) is 0 Å². The third-order valence-electron chi connectivity index (χ3n) is 4.14. The molecular formula is C19H27NO2S. The number of allylic oxidation sites excluding steroid dienone is 1. The van der Waals surface area contributed by atoms with Crippen LogP contribution in [0.15, 0.2) is 46.9 Å². The summed E-state index contributed by atoms with van der Waals surface area (Å²) in [5.74, 6) is 0.747. The summed E-state index contributed by atoms with van der Waals surface area (Å²) in [5, 5.41) is 2.99. The Bertz CT molecular complexity index is 540. The first-order chi connectivity index (χ1) is 11.3. The highest BCUT2D eigenvalue weighted by Gasteiger charge is 2.06. The molecule has 0 aliphatic heterocycles. The first kappa shape index (κ1) is 17.9. The van der Waals surface area contributed by atoms with Gasteiger partial charge < -0.3 is 5.32 Å². The number of benzene rings is 1. The maximum atomic E-state index is 12.0. The van der Waals surface area contributed by atoms with Crippen molar-refractivity contribution in [3.8, 4) is 0 Å². The van der Waals surface area contributed by atoms with E-state index in [1.807, 2.05) is 30.3 Å². The lowest BCUT2D eigenvalue weighted by Gasteiger charge is -2.12. The molecule has 1 aliphatic rings. The molecule has 126 valence electrons. The molecule has 23 heavy (non-hydrogen) atoms. The molecule has 1 aliphatic carbocycles. The molecule has 1 aromatic carbocycles. The van der Waals surface area contributed by atoms with E-state index in [4.69, 9.17) is 0 Å². The Kier molecular flexibility index (Phi) is 8.08. The summed E-state index contributed by atoms with van der Waals surface area (Å²) in [6.45, 7) is 0.751. The van der Waals surface area contributed by atoms with Crippen LogP contribution in [0.5, 0.6) is 0 Å². The third-order valence-corrected chi connectivity index (χ3v) is 5.60. The predicted octanol–water partition coefficient (Wildman–Crippen LogP) is 3.97. The molecule has 0 aromatic heterocycles. The topological polar surface area (TPSA) is 46.2 Å². The van der Waals surface area contributed by atoms with Crippen molar-refractivity contribution in [2.45, 2.75) is 56.3 Å². The molecule has 2 rings (SSSR count).